The second-order valence-corrected chi connectivity index (χ2v) is 8.47. The van der Waals surface area contributed by atoms with Crippen LogP contribution in [0.1, 0.15) is 44.5 Å². The SMILES string of the molecule is C=CCC1=C2C=CC(=C(CC=C)c3ccc([nH]3)C(C)=C3C=CC(=N3)C(C)=C3C=CC1=N3)C2. The van der Waals surface area contributed by atoms with Crippen molar-refractivity contribution in [1.29, 1.82) is 0 Å². The molecule has 32 heavy (non-hydrogen) atoms. The quantitative estimate of drug-likeness (QED) is 0.503. The van der Waals surface area contributed by atoms with Gasteiger partial charge >= 0.3 is 0 Å². The molecule has 8 bridgehead atoms. The maximum absolute atomic E-state index is 5.00. The number of fused-ring (bicyclic) bond motifs is 6. The number of nitrogens with zero attached hydrogens (tertiary/aromatic N) is 2. The van der Waals surface area contributed by atoms with E-state index in [-0.39, 0.29) is 0 Å². The van der Waals surface area contributed by atoms with Crippen LogP contribution in [0.4, 0.5) is 0 Å². The lowest BCUT2D eigenvalue weighted by molar-refractivity contribution is 1.16. The maximum atomic E-state index is 5.00. The molecule has 0 saturated carbocycles. The molecule has 0 unspecified atom stereocenters. The fourth-order valence-corrected chi connectivity index (χ4v) is 4.62. The van der Waals surface area contributed by atoms with E-state index in [1.165, 1.54) is 22.3 Å². The average molecular weight is 418 g/mol. The average Bonchev–Trinajstić information content (AvgIpc) is 3.61. The maximum Gasteiger partial charge on any atom is 0.0688 e. The van der Waals surface area contributed by atoms with Gasteiger partial charge in [-0.05, 0) is 97.4 Å². The molecule has 1 aromatic rings. The third-order valence-corrected chi connectivity index (χ3v) is 6.50. The molecular formula is C29H27N3. The third-order valence-electron chi connectivity index (χ3n) is 6.50. The molecule has 0 aromatic carbocycles. The molecule has 1 aromatic heterocycles. The molecule has 0 atom stereocenters. The molecule has 1 N–H and O–H groups in total. The minimum absolute atomic E-state index is 0.791. The predicted octanol–water partition coefficient (Wildman–Crippen LogP) is 7.22. The van der Waals surface area contributed by atoms with Gasteiger partial charge in [0.25, 0.3) is 0 Å². The van der Waals surface area contributed by atoms with Crippen molar-refractivity contribution in [2.45, 2.75) is 33.1 Å². The number of hydrogen-bond donors (Lipinski definition) is 1. The Labute approximate surface area is 189 Å². The Morgan fingerprint density at radius 1 is 0.750 bits per heavy atom. The van der Waals surface area contributed by atoms with E-state index in [0.717, 1.165) is 64.6 Å². The second-order valence-electron chi connectivity index (χ2n) is 8.47. The molecule has 1 aliphatic carbocycles. The number of H-pyrrole nitrogens is 1. The van der Waals surface area contributed by atoms with Crippen LogP contribution in [0.2, 0.25) is 0 Å². The first-order valence-electron chi connectivity index (χ1n) is 11.1. The van der Waals surface area contributed by atoms with Gasteiger partial charge in [-0.3, -0.25) is 0 Å². The van der Waals surface area contributed by atoms with Gasteiger partial charge < -0.3 is 4.98 Å². The summed E-state index contributed by atoms with van der Waals surface area (Å²) in [5, 5.41) is 0. The van der Waals surface area contributed by atoms with Crippen LogP contribution in [-0.2, 0) is 0 Å². The lowest BCUT2D eigenvalue weighted by Gasteiger charge is -2.11. The van der Waals surface area contributed by atoms with E-state index in [1.807, 2.05) is 12.2 Å². The van der Waals surface area contributed by atoms with E-state index < -0.39 is 0 Å². The standard InChI is InChI=1S/C29H27N3/c1-5-7-22-20-9-10-21(17-20)23(8-6-2)29-16-14-27(32-29)19(4)25-12-11-24(30-25)18(3)26-13-15-28(22)31-26/h5-6,9-16,31H,1-2,7-8,17H2,3-4H3. The van der Waals surface area contributed by atoms with Gasteiger partial charge in [0.2, 0.25) is 0 Å². The van der Waals surface area contributed by atoms with Crippen molar-refractivity contribution in [3.8, 4) is 0 Å². The molecule has 3 aliphatic heterocycles. The highest BCUT2D eigenvalue weighted by Crippen LogP contribution is 2.36. The Hall–Kier alpha value is -3.72. The first kappa shape index (κ1) is 20.2. The third kappa shape index (κ3) is 3.40. The van der Waals surface area contributed by atoms with E-state index in [4.69, 9.17) is 9.98 Å². The zero-order valence-corrected chi connectivity index (χ0v) is 18.7. The van der Waals surface area contributed by atoms with Gasteiger partial charge in [0.1, 0.15) is 0 Å². The highest BCUT2D eigenvalue weighted by Gasteiger charge is 2.21. The van der Waals surface area contributed by atoms with E-state index in [9.17, 15) is 0 Å². The van der Waals surface area contributed by atoms with Gasteiger partial charge in [-0.15, -0.1) is 13.2 Å². The van der Waals surface area contributed by atoms with Crippen LogP contribution in [-0.4, -0.2) is 16.4 Å². The molecule has 0 fully saturated rings. The monoisotopic (exact) mass is 417 g/mol. The fourth-order valence-electron chi connectivity index (χ4n) is 4.62. The molecule has 0 amide bonds. The van der Waals surface area contributed by atoms with Crippen molar-refractivity contribution in [1.82, 2.24) is 4.98 Å². The molecule has 158 valence electrons. The Morgan fingerprint density at radius 3 is 2.09 bits per heavy atom. The topological polar surface area (TPSA) is 40.5 Å². The number of rotatable bonds is 4. The van der Waals surface area contributed by atoms with E-state index in [2.05, 4.69) is 80.6 Å². The van der Waals surface area contributed by atoms with Crippen LogP contribution in [0, 0.1) is 0 Å². The van der Waals surface area contributed by atoms with Gasteiger partial charge in [0, 0.05) is 17.0 Å². The van der Waals surface area contributed by atoms with Crippen molar-refractivity contribution in [2.24, 2.45) is 9.98 Å². The van der Waals surface area contributed by atoms with Crippen molar-refractivity contribution >= 4 is 22.6 Å². The summed E-state index contributed by atoms with van der Waals surface area (Å²) in [7, 11) is 0. The van der Waals surface area contributed by atoms with Crippen molar-refractivity contribution in [2.75, 3.05) is 0 Å². The molecule has 5 rings (SSSR count). The summed E-state index contributed by atoms with van der Waals surface area (Å²) < 4.78 is 0. The summed E-state index contributed by atoms with van der Waals surface area (Å²) in [6.07, 6.45) is 19.3. The normalized spacial score (nSPS) is 19.4. The van der Waals surface area contributed by atoms with Crippen LogP contribution in [0.3, 0.4) is 0 Å². The highest BCUT2D eigenvalue weighted by atomic mass is 14.8. The lowest BCUT2D eigenvalue weighted by Crippen LogP contribution is -2.01. The summed E-state index contributed by atoms with van der Waals surface area (Å²) in [6.45, 7) is 12.2. The van der Waals surface area contributed by atoms with E-state index in [1.54, 1.807) is 0 Å². The molecule has 4 heterocycles. The number of hydrogen-bond acceptors (Lipinski definition) is 2. The number of aromatic amines is 1. The van der Waals surface area contributed by atoms with Gasteiger partial charge in [-0.25, -0.2) is 9.98 Å². The fraction of sp³-hybridized carbons (Fsp3) is 0.172. The predicted molar refractivity (Wildman–Crippen MR) is 137 cm³/mol. The highest BCUT2D eigenvalue weighted by molar-refractivity contribution is 6.15. The van der Waals surface area contributed by atoms with Crippen molar-refractivity contribution in [3.05, 3.63) is 119 Å². The Morgan fingerprint density at radius 2 is 1.34 bits per heavy atom. The smallest absolute Gasteiger partial charge is 0.0688 e. The van der Waals surface area contributed by atoms with Crippen LogP contribution < -0.4 is 0 Å². The number of allylic oxidation sites excluding steroid dienone is 14. The summed E-state index contributed by atoms with van der Waals surface area (Å²) >= 11 is 0. The lowest BCUT2D eigenvalue weighted by atomic mass is 9.96. The van der Waals surface area contributed by atoms with E-state index in [0.29, 0.717) is 0 Å². The molecule has 3 heteroatoms. The first-order valence-corrected chi connectivity index (χ1v) is 11.1. The summed E-state index contributed by atoms with van der Waals surface area (Å²) in [4.78, 5) is 13.6. The molecule has 0 saturated heterocycles. The van der Waals surface area contributed by atoms with Gasteiger partial charge in [-0.1, -0.05) is 24.3 Å². The molecular weight excluding hydrogens is 390 g/mol. The molecule has 4 aliphatic rings. The minimum atomic E-state index is 0.791. The van der Waals surface area contributed by atoms with Crippen molar-refractivity contribution in [3.63, 3.8) is 0 Å². The van der Waals surface area contributed by atoms with Crippen LogP contribution in [0.25, 0.3) is 11.1 Å². The summed E-state index contributed by atoms with van der Waals surface area (Å²) in [6, 6.07) is 4.33. The van der Waals surface area contributed by atoms with Crippen molar-refractivity contribution < 1.29 is 0 Å². The van der Waals surface area contributed by atoms with E-state index >= 15 is 0 Å². The minimum Gasteiger partial charge on any atom is -0.355 e. The number of aliphatic imine (C=N–C) groups is 2. The second kappa shape index (κ2) is 8.08. The summed E-state index contributed by atoms with van der Waals surface area (Å²) in [5.41, 5.74) is 13.6. The van der Waals surface area contributed by atoms with Gasteiger partial charge in [0.15, 0.2) is 0 Å². The van der Waals surface area contributed by atoms with Gasteiger partial charge in [0.05, 0.1) is 22.8 Å². The molecule has 0 radical (unpaired) electrons. The Bertz CT molecular complexity index is 1320. The van der Waals surface area contributed by atoms with Gasteiger partial charge in [-0.2, -0.15) is 0 Å². The molecule has 0 spiro atoms. The number of nitrogens with one attached hydrogen (secondary N) is 1. The summed E-state index contributed by atoms with van der Waals surface area (Å²) in [5.74, 6) is 0. The van der Waals surface area contributed by atoms with Crippen LogP contribution >= 0.6 is 0 Å². The molecule has 3 nitrogen and oxygen atoms in total. The number of aromatic nitrogens is 1. The van der Waals surface area contributed by atoms with Crippen LogP contribution in [0.15, 0.2) is 118 Å². The Balaban J connectivity index is 1.76. The zero-order valence-electron chi connectivity index (χ0n) is 18.7. The first-order chi connectivity index (χ1) is 15.6. The largest absolute Gasteiger partial charge is 0.355 e. The Kier molecular flexibility index (Phi) is 5.10. The zero-order chi connectivity index (χ0) is 22.2. The van der Waals surface area contributed by atoms with Crippen LogP contribution in [0.5, 0.6) is 0 Å².